The molecule has 17 heavy (non-hydrogen) atoms. The van der Waals surface area contributed by atoms with E-state index in [1.165, 1.54) is 6.08 Å². The molecule has 0 fully saturated rings. The van der Waals surface area contributed by atoms with E-state index < -0.39 is 5.91 Å². The first-order valence-electron chi connectivity index (χ1n) is 4.80. The maximum atomic E-state index is 11.0. The Kier molecular flexibility index (Phi) is 2.98. The lowest BCUT2D eigenvalue weighted by molar-refractivity contribution is -0.114. The number of hydrogen-bond donors (Lipinski definition) is 2. The summed E-state index contributed by atoms with van der Waals surface area (Å²) in [6.45, 7) is 0. The molecular weight excluding hydrogens is 282 g/mol. The normalized spacial score (nSPS) is 11.4. The summed E-state index contributed by atoms with van der Waals surface area (Å²) in [5.74, 6) is -0.725. The molecule has 2 aromatic rings. The molecule has 84 valence electrons. The van der Waals surface area contributed by atoms with Gasteiger partial charge in [0.1, 0.15) is 11.6 Å². The average molecular weight is 290 g/mol. The molecule has 5 heteroatoms. The van der Waals surface area contributed by atoms with Crippen molar-refractivity contribution in [3.05, 3.63) is 40.0 Å². The number of nitriles is 1. The number of nitrogens with one attached hydrogen (secondary N) is 1. The molecule has 0 aliphatic carbocycles. The molecule has 2 rings (SSSR count). The summed E-state index contributed by atoms with van der Waals surface area (Å²) in [6, 6.07) is 7.51. The number of nitrogens with two attached hydrogens (primary N) is 1. The van der Waals surface area contributed by atoms with E-state index in [1.807, 2.05) is 18.2 Å². The minimum Gasteiger partial charge on any atom is -0.365 e. The Labute approximate surface area is 106 Å². The molecule has 1 heterocycles. The van der Waals surface area contributed by atoms with Gasteiger partial charge in [0.15, 0.2) is 0 Å². The van der Waals surface area contributed by atoms with Gasteiger partial charge in [-0.3, -0.25) is 4.79 Å². The third-order valence-electron chi connectivity index (χ3n) is 2.36. The Balaban J connectivity index is 2.61. The van der Waals surface area contributed by atoms with Gasteiger partial charge in [0.25, 0.3) is 5.91 Å². The van der Waals surface area contributed by atoms with Crippen molar-refractivity contribution in [1.82, 2.24) is 4.98 Å². The van der Waals surface area contributed by atoms with E-state index in [1.54, 1.807) is 12.3 Å². The molecular formula is C12H8BrN3O. The van der Waals surface area contributed by atoms with E-state index in [-0.39, 0.29) is 5.57 Å². The van der Waals surface area contributed by atoms with Crippen LogP contribution in [0.2, 0.25) is 0 Å². The Hall–Kier alpha value is -2.06. The van der Waals surface area contributed by atoms with E-state index >= 15 is 0 Å². The number of nitrogens with zero attached hydrogens (tertiary/aromatic N) is 1. The molecule has 4 nitrogen and oxygen atoms in total. The van der Waals surface area contributed by atoms with Gasteiger partial charge >= 0.3 is 0 Å². The number of rotatable bonds is 2. The smallest absolute Gasteiger partial charge is 0.259 e. The fourth-order valence-electron chi connectivity index (χ4n) is 1.55. The van der Waals surface area contributed by atoms with Gasteiger partial charge in [0, 0.05) is 27.1 Å². The van der Waals surface area contributed by atoms with Crippen molar-refractivity contribution >= 4 is 38.8 Å². The molecule has 0 aliphatic rings. The highest BCUT2D eigenvalue weighted by molar-refractivity contribution is 9.10. The van der Waals surface area contributed by atoms with Crippen molar-refractivity contribution in [2.24, 2.45) is 5.73 Å². The highest BCUT2D eigenvalue weighted by atomic mass is 79.9. The van der Waals surface area contributed by atoms with Crippen LogP contribution in [0, 0.1) is 11.3 Å². The maximum Gasteiger partial charge on any atom is 0.259 e. The summed E-state index contributed by atoms with van der Waals surface area (Å²) in [6.07, 6.45) is 3.21. The van der Waals surface area contributed by atoms with E-state index in [0.29, 0.717) is 0 Å². The predicted octanol–water partition coefficient (Wildman–Crippen LogP) is 2.32. The number of fused-ring (bicyclic) bond motifs is 1. The van der Waals surface area contributed by atoms with Crippen molar-refractivity contribution in [2.75, 3.05) is 0 Å². The molecule has 1 aromatic heterocycles. The van der Waals surface area contributed by atoms with E-state index in [9.17, 15) is 4.79 Å². The average Bonchev–Trinajstić information content (AvgIpc) is 2.68. The predicted molar refractivity (Wildman–Crippen MR) is 68.8 cm³/mol. The lowest BCUT2D eigenvalue weighted by Gasteiger charge is -1.94. The second-order valence-corrected chi connectivity index (χ2v) is 4.38. The minimum atomic E-state index is -0.725. The number of primary amides is 1. The van der Waals surface area contributed by atoms with Crippen LogP contribution in [0.4, 0.5) is 0 Å². The lowest BCUT2D eigenvalue weighted by Crippen LogP contribution is -2.12. The van der Waals surface area contributed by atoms with Crippen LogP contribution in [-0.4, -0.2) is 10.9 Å². The lowest BCUT2D eigenvalue weighted by atomic mass is 10.1. The van der Waals surface area contributed by atoms with Crippen LogP contribution < -0.4 is 5.73 Å². The van der Waals surface area contributed by atoms with Crippen molar-refractivity contribution < 1.29 is 4.79 Å². The van der Waals surface area contributed by atoms with Crippen molar-refractivity contribution in [2.45, 2.75) is 0 Å². The minimum absolute atomic E-state index is 0.0640. The van der Waals surface area contributed by atoms with Gasteiger partial charge in [-0.05, 0) is 24.3 Å². The molecule has 0 unspecified atom stereocenters. The Morgan fingerprint density at radius 1 is 1.53 bits per heavy atom. The largest absolute Gasteiger partial charge is 0.365 e. The molecule has 0 atom stereocenters. The standard InChI is InChI=1S/C12H8BrN3O/c13-9-1-2-11-10(4-9)8(6-16-11)3-7(5-14)12(15)17/h1-4,6,16H,(H2,15,17). The van der Waals surface area contributed by atoms with Crippen molar-refractivity contribution in [3.8, 4) is 6.07 Å². The van der Waals surface area contributed by atoms with E-state index in [4.69, 9.17) is 11.0 Å². The third kappa shape index (κ3) is 2.22. The van der Waals surface area contributed by atoms with Crippen LogP contribution in [0.1, 0.15) is 5.56 Å². The fourth-order valence-corrected chi connectivity index (χ4v) is 1.91. The number of halogens is 1. The number of carbonyl (C=O) groups is 1. The number of benzene rings is 1. The zero-order valence-corrected chi connectivity index (χ0v) is 10.3. The first-order valence-corrected chi connectivity index (χ1v) is 5.59. The highest BCUT2D eigenvalue weighted by Crippen LogP contribution is 2.24. The van der Waals surface area contributed by atoms with Crippen molar-refractivity contribution in [3.63, 3.8) is 0 Å². The molecule has 0 radical (unpaired) electrons. The van der Waals surface area contributed by atoms with Crippen molar-refractivity contribution in [1.29, 1.82) is 5.26 Å². The van der Waals surface area contributed by atoms with Crippen LogP contribution in [0.3, 0.4) is 0 Å². The topological polar surface area (TPSA) is 82.7 Å². The molecule has 1 aromatic carbocycles. The summed E-state index contributed by atoms with van der Waals surface area (Å²) in [7, 11) is 0. The van der Waals surface area contributed by atoms with E-state index in [2.05, 4.69) is 20.9 Å². The molecule has 1 amide bonds. The first kappa shape index (κ1) is 11.4. The van der Waals surface area contributed by atoms with Crippen LogP contribution in [0.25, 0.3) is 17.0 Å². The van der Waals surface area contributed by atoms with Crippen LogP contribution in [-0.2, 0) is 4.79 Å². The van der Waals surface area contributed by atoms with Gasteiger partial charge in [0.2, 0.25) is 0 Å². The molecule has 3 N–H and O–H groups in total. The fraction of sp³-hybridized carbons (Fsp3) is 0. The summed E-state index contributed by atoms with van der Waals surface area (Å²) in [4.78, 5) is 14.0. The van der Waals surface area contributed by atoms with Gasteiger partial charge in [-0.2, -0.15) is 5.26 Å². The van der Waals surface area contributed by atoms with Crippen LogP contribution >= 0.6 is 15.9 Å². The summed E-state index contributed by atoms with van der Waals surface area (Å²) in [5, 5.41) is 9.71. The zero-order chi connectivity index (χ0) is 12.4. The quantitative estimate of drug-likeness (QED) is 0.657. The SMILES string of the molecule is N#CC(=Cc1c[nH]c2ccc(Br)cc12)C(N)=O. The number of aromatic nitrogens is 1. The number of amides is 1. The molecule has 0 spiro atoms. The molecule has 0 bridgehead atoms. The molecule has 0 saturated carbocycles. The molecule has 0 saturated heterocycles. The van der Waals surface area contributed by atoms with Gasteiger partial charge in [-0.25, -0.2) is 0 Å². The van der Waals surface area contributed by atoms with Crippen LogP contribution in [0.15, 0.2) is 34.4 Å². The first-order chi connectivity index (χ1) is 8.11. The van der Waals surface area contributed by atoms with Gasteiger partial charge in [-0.15, -0.1) is 0 Å². The highest BCUT2D eigenvalue weighted by Gasteiger charge is 2.07. The van der Waals surface area contributed by atoms with Crippen LogP contribution in [0.5, 0.6) is 0 Å². The Morgan fingerprint density at radius 2 is 2.29 bits per heavy atom. The summed E-state index contributed by atoms with van der Waals surface area (Å²) in [5.41, 5.74) is 6.72. The zero-order valence-electron chi connectivity index (χ0n) is 8.70. The molecule has 0 aliphatic heterocycles. The van der Waals surface area contributed by atoms with E-state index in [0.717, 1.165) is 20.9 Å². The monoisotopic (exact) mass is 289 g/mol. The second-order valence-electron chi connectivity index (χ2n) is 3.47. The summed E-state index contributed by atoms with van der Waals surface area (Å²) >= 11 is 3.37. The Morgan fingerprint density at radius 3 is 2.94 bits per heavy atom. The third-order valence-corrected chi connectivity index (χ3v) is 2.85. The van der Waals surface area contributed by atoms with Gasteiger partial charge in [-0.1, -0.05) is 15.9 Å². The van der Waals surface area contributed by atoms with Gasteiger partial charge in [0.05, 0.1) is 0 Å². The Bertz CT molecular complexity index is 664. The number of aromatic amines is 1. The number of hydrogen-bond acceptors (Lipinski definition) is 2. The second kappa shape index (κ2) is 4.44. The number of H-pyrrole nitrogens is 1. The summed E-state index contributed by atoms with van der Waals surface area (Å²) < 4.78 is 0.928. The maximum absolute atomic E-state index is 11.0. The number of carbonyl (C=O) groups excluding carboxylic acids is 1. The van der Waals surface area contributed by atoms with Gasteiger partial charge < -0.3 is 10.7 Å².